The molecule has 0 amide bonds. The minimum absolute atomic E-state index is 0.329. The third kappa shape index (κ3) is 4.83. The SMILES string of the molecule is C=CC(C/C=C/C1C=CC=CC1)N/C=C/C. The van der Waals surface area contributed by atoms with Crippen molar-refractivity contribution in [2.75, 3.05) is 0 Å². The Hall–Kier alpha value is -1.50. The molecule has 1 heteroatoms. The van der Waals surface area contributed by atoms with Crippen molar-refractivity contribution >= 4 is 0 Å². The molecule has 2 atom stereocenters. The molecule has 0 fully saturated rings. The predicted octanol–water partition coefficient (Wildman–Crippen LogP) is 3.74. The topological polar surface area (TPSA) is 12.0 Å². The highest BCUT2D eigenvalue weighted by Crippen LogP contribution is 2.13. The van der Waals surface area contributed by atoms with E-state index in [2.05, 4.69) is 48.4 Å². The number of hydrogen-bond donors (Lipinski definition) is 1. The van der Waals surface area contributed by atoms with Crippen LogP contribution in [0.15, 0.2) is 61.4 Å². The Balaban J connectivity index is 2.30. The Morgan fingerprint density at radius 3 is 3.00 bits per heavy atom. The maximum Gasteiger partial charge on any atom is 0.0470 e. The lowest BCUT2D eigenvalue weighted by atomic mass is 9.99. The van der Waals surface area contributed by atoms with Gasteiger partial charge in [-0.1, -0.05) is 48.6 Å². The van der Waals surface area contributed by atoms with Gasteiger partial charge in [0.1, 0.15) is 0 Å². The van der Waals surface area contributed by atoms with Gasteiger partial charge in [-0.25, -0.2) is 0 Å². The molecule has 0 spiro atoms. The van der Waals surface area contributed by atoms with Gasteiger partial charge in [-0.2, -0.15) is 0 Å². The van der Waals surface area contributed by atoms with E-state index in [1.807, 2.05) is 25.3 Å². The zero-order chi connectivity index (χ0) is 11.6. The van der Waals surface area contributed by atoms with E-state index in [0.29, 0.717) is 12.0 Å². The molecule has 0 radical (unpaired) electrons. The number of rotatable bonds is 6. The van der Waals surface area contributed by atoms with Crippen molar-refractivity contribution in [3.8, 4) is 0 Å². The van der Waals surface area contributed by atoms with Crippen LogP contribution < -0.4 is 5.32 Å². The van der Waals surface area contributed by atoms with Crippen molar-refractivity contribution in [1.82, 2.24) is 5.32 Å². The monoisotopic (exact) mass is 215 g/mol. The summed E-state index contributed by atoms with van der Waals surface area (Å²) < 4.78 is 0. The van der Waals surface area contributed by atoms with Gasteiger partial charge in [-0.05, 0) is 31.9 Å². The molecule has 0 aromatic carbocycles. The van der Waals surface area contributed by atoms with E-state index in [4.69, 9.17) is 0 Å². The Labute approximate surface area is 98.9 Å². The number of nitrogens with one attached hydrogen (secondary N) is 1. The molecule has 0 bridgehead atoms. The van der Waals surface area contributed by atoms with E-state index >= 15 is 0 Å². The lowest BCUT2D eigenvalue weighted by molar-refractivity contribution is 0.705. The second-order valence-corrected chi connectivity index (χ2v) is 3.89. The largest absolute Gasteiger partial charge is 0.385 e. The fourth-order valence-corrected chi connectivity index (χ4v) is 1.59. The Morgan fingerprint density at radius 1 is 1.50 bits per heavy atom. The summed E-state index contributed by atoms with van der Waals surface area (Å²) in [5, 5.41) is 3.27. The van der Waals surface area contributed by atoms with Gasteiger partial charge < -0.3 is 5.32 Å². The van der Waals surface area contributed by atoms with E-state index in [9.17, 15) is 0 Å². The van der Waals surface area contributed by atoms with Crippen LogP contribution in [-0.4, -0.2) is 6.04 Å². The van der Waals surface area contributed by atoms with Crippen molar-refractivity contribution in [3.63, 3.8) is 0 Å². The molecule has 0 aliphatic heterocycles. The van der Waals surface area contributed by atoms with Gasteiger partial charge in [0.25, 0.3) is 0 Å². The fourth-order valence-electron chi connectivity index (χ4n) is 1.59. The molecule has 0 aromatic heterocycles. The lowest BCUT2D eigenvalue weighted by Crippen LogP contribution is -2.20. The van der Waals surface area contributed by atoms with Crippen LogP contribution in [0, 0.1) is 5.92 Å². The zero-order valence-corrected chi connectivity index (χ0v) is 9.97. The first-order valence-electron chi connectivity index (χ1n) is 5.86. The molecule has 0 saturated heterocycles. The van der Waals surface area contributed by atoms with Crippen molar-refractivity contribution in [2.45, 2.75) is 25.8 Å². The summed E-state index contributed by atoms with van der Waals surface area (Å²) in [5.41, 5.74) is 0. The van der Waals surface area contributed by atoms with Crippen molar-refractivity contribution in [1.29, 1.82) is 0 Å². The highest BCUT2D eigenvalue weighted by Gasteiger charge is 2.01. The maximum absolute atomic E-state index is 3.82. The summed E-state index contributed by atoms with van der Waals surface area (Å²) in [6, 6.07) is 0.329. The van der Waals surface area contributed by atoms with Crippen LogP contribution in [0.1, 0.15) is 19.8 Å². The molecule has 0 heterocycles. The quantitative estimate of drug-likeness (QED) is 0.665. The summed E-state index contributed by atoms with van der Waals surface area (Å²) in [6.07, 6.45) is 21.2. The minimum atomic E-state index is 0.329. The summed E-state index contributed by atoms with van der Waals surface area (Å²) in [6.45, 7) is 5.83. The normalized spacial score (nSPS) is 21.7. The fraction of sp³-hybridized carbons (Fsp3) is 0.333. The maximum atomic E-state index is 3.82. The molecule has 1 aliphatic rings. The molecule has 1 nitrogen and oxygen atoms in total. The zero-order valence-electron chi connectivity index (χ0n) is 9.97. The Kier molecular flexibility index (Phi) is 6.09. The van der Waals surface area contributed by atoms with Crippen LogP contribution in [0.25, 0.3) is 0 Å². The smallest absolute Gasteiger partial charge is 0.0470 e. The molecule has 2 unspecified atom stereocenters. The molecule has 1 rings (SSSR count). The highest BCUT2D eigenvalue weighted by molar-refractivity contribution is 5.15. The first-order chi connectivity index (χ1) is 7.86. The van der Waals surface area contributed by atoms with Crippen LogP contribution in [0.3, 0.4) is 0 Å². The first-order valence-corrected chi connectivity index (χ1v) is 5.86. The highest BCUT2D eigenvalue weighted by atomic mass is 14.9. The van der Waals surface area contributed by atoms with Gasteiger partial charge >= 0.3 is 0 Å². The van der Waals surface area contributed by atoms with Gasteiger partial charge in [0.15, 0.2) is 0 Å². The van der Waals surface area contributed by atoms with Crippen molar-refractivity contribution < 1.29 is 0 Å². The minimum Gasteiger partial charge on any atom is -0.385 e. The third-order valence-corrected chi connectivity index (χ3v) is 2.55. The van der Waals surface area contributed by atoms with Crippen LogP contribution in [0.2, 0.25) is 0 Å². The average molecular weight is 215 g/mol. The second-order valence-electron chi connectivity index (χ2n) is 3.89. The summed E-state index contributed by atoms with van der Waals surface area (Å²) in [5.74, 6) is 0.567. The first kappa shape index (κ1) is 12.6. The number of hydrogen-bond acceptors (Lipinski definition) is 1. The molecule has 0 aromatic rings. The molecule has 1 aliphatic carbocycles. The van der Waals surface area contributed by atoms with E-state index in [-0.39, 0.29) is 0 Å². The molecular weight excluding hydrogens is 194 g/mol. The van der Waals surface area contributed by atoms with Gasteiger partial charge in [-0.3, -0.25) is 0 Å². The second kappa shape index (κ2) is 7.75. The molecule has 0 saturated carbocycles. The molecule has 86 valence electrons. The third-order valence-electron chi connectivity index (χ3n) is 2.55. The van der Waals surface area contributed by atoms with Crippen LogP contribution in [-0.2, 0) is 0 Å². The van der Waals surface area contributed by atoms with E-state index in [0.717, 1.165) is 12.8 Å². The molecule has 16 heavy (non-hydrogen) atoms. The van der Waals surface area contributed by atoms with Crippen LogP contribution in [0.5, 0.6) is 0 Å². The summed E-state index contributed by atoms with van der Waals surface area (Å²) in [7, 11) is 0. The standard InChI is InChI=1S/C15H21N/c1-3-13-16-15(4-2)12-8-11-14-9-6-5-7-10-14/h3-9,11,13-16H,2,10,12H2,1H3/b11-8+,13-3+. The van der Waals surface area contributed by atoms with E-state index in [1.165, 1.54) is 0 Å². The van der Waals surface area contributed by atoms with Crippen LogP contribution >= 0.6 is 0 Å². The summed E-state index contributed by atoms with van der Waals surface area (Å²) in [4.78, 5) is 0. The van der Waals surface area contributed by atoms with E-state index < -0.39 is 0 Å². The van der Waals surface area contributed by atoms with Crippen molar-refractivity contribution in [2.24, 2.45) is 5.92 Å². The van der Waals surface area contributed by atoms with Crippen LogP contribution in [0.4, 0.5) is 0 Å². The molecular formula is C15H21N. The Bertz CT molecular complexity index is 307. The van der Waals surface area contributed by atoms with Gasteiger partial charge in [0.05, 0.1) is 0 Å². The van der Waals surface area contributed by atoms with Crippen molar-refractivity contribution in [3.05, 3.63) is 61.4 Å². The lowest BCUT2D eigenvalue weighted by Gasteiger charge is -2.11. The predicted molar refractivity (Wildman–Crippen MR) is 72.1 cm³/mol. The molecule has 1 N–H and O–H groups in total. The van der Waals surface area contributed by atoms with E-state index in [1.54, 1.807) is 0 Å². The summed E-state index contributed by atoms with van der Waals surface area (Å²) >= 11 is 0. The average Bonchev–Trinajstić information content (AvgIpc) is 2.35. The van der Waals surface area contributed by atoms with Gasteiger partial charge in [0.2, 0.25) is 0 Å². The Morgan fingerprint density at radius 2 is 2.38 bits per heavy atom. The van der Waals surface area contributed by atoms with Gasteiger partial charge in [0, 0.05) is 6.04 Å². The van der Waals surface area contributed by atoms with Gasteiger partial charge in [-0.15, -0.1) is 6.58 Å². The number of allylic oxidation sites excluding steroid dienone is 6.